The zero-order valence-electron chi connectivity index (χ0n) is 13.2. The highest BCUT2D eigenvalue weighted by atomic mass is 35.5. The van der Waals surface area contributed by atoms with Crippen LogP contribution in [-0.2, 0) is 0 Å². The second-order valence-corrected chi connectivity index (χ2v) is 5.46. The Morgan fingerprint density at radius 2 is 1.88 bits per heavy atom. The molecule has 2 rings (SSSR count). The van der Waals surface area contributed by atoms with Gasteiger partial charge in [-0.2, -0.15) is 13.2 Å². The van der Waals surface area contributed by atoms with Crippen molar-refractivity contribution in [3.8, 4) is 5.75 Å². The number of aromatic hydroxyl groups is 1. The van der Waals surface area contributed by atoms with Gasteiger partial charge >= 0.3 is 6.18 Å². The third-order valence-electron chi connectivity index (χ3n) is 3.87. The molecule has 0 spiro atoms. The summed E-state index contributed by atoms with van der Waals surface area (Å²) in [5.41, 5.74) is -0.0738. The van der Waals surface area contributed by atoms with Gasteiger partial charge in [0, 0.05) is 56.3 Å². The lowest BCUT2D eigenvalue weighted by Gasteiger charge is -2.35. The van der Waals surface area contributed by atoms with E-state index in [0.29, 0.717) is 26.2 Å². The van der Waals surface area contributed by atoms with E-state index >= 15 is 0 Å². The number of nitrogens with zero attached hydrogens (tertiary/aromatic N) is 2. The summed E-state index contributed by atoms with van der Waals surface area (Å²) in [6, 6.07) is 2.75. The van der Waals surface area contributed by atoms with Gasteiger partial charge in [-0.3, -0.25) is 15.0 Å². The van der Waals surface area contributed by atoms with Gasteiger partial charge in [0.1, 0.15) is 5.75 Å². The van der Waals surface area contributed by atoms with Crippen LogP contribution < -0.4 is 5.32 Å². The van der Waals surface area contributed by atoms with E-state index in [1.807, 2.05) is 4.90 Å². The molecule has 1 aliphatic rings. The van der Waals surface area contributed by atoms with Crippen LogP contribution in [0, 0.1) is 10.1 Å². The Morgan fingerprint density at radius 1 is 1.28 bits per heavy atom. The fraction of sp³-hybridized carbons (Fsp3) is 0.571. The Kier molecular flexibility index (Phi) is 9.49. The predicted molar refractivity (Wildman–Crippen MR) is 91.7 cm³/mol. The van der Waals surface area contributed by atoms with Crippen LogP contribution in [0.1, 0.15) is 24.4 Å². The Hall–Kier alpha value is -1.29. The molecule has 11 heteroatoms. The van der Waals surface area contributed by atoms with Gasteiger partial charge in [0.25, 0.3) is 5.69 Å². The van der Waals surface area contributed by atoms with Crippen LogP contribution in [0.4, 0.5) is 18.9 Å². The molecular weight excluding hydrogens is 386 g/mol. The summed E-state index contributed by atoms with van der Waals surface area (Å²) in [4.78, 5) is 12.1. The van der Waals surface area contributed by atoms with Crippen molar-refractivity contribution >= 4 is 30.5 Å². The van der Waals surface area contributed by atoms with Crippen molar-refractivity contribution in [1.29, 1.82) is 0 Å². The summed E-state index contributed by atoms with van der Waals surface area (Å²) in [6.07, 6.45) is -5.58. The number of benzene rings is 1. The van der Waals surface area contributed by atoms with Crippen LogP contribution in [0.2, 0.25) is 0 Å². The molecular formula is C14H20Cl2F3N3O3. The number of nitro groups is 1. The highest BCUT2D eigenvalue weighted by Gasteiger charge is 2.32. The second-order valence-electron chi connectivity index (χ2n) is 5.46. The first-order chi connectivity index (χ1) is 10.8. The molecule has 1 fully saturated rings. The number of phenols is 1. The van der Waals surface area contributed by atoms with Crippen LogP contribution >= 0.6 is 24.8 Å². The summed E-state index contributed by atoms with van der Waals surface area (Å²) in [5, 5.41) is 24.0. The van der Waals surface area contributed by atoms with Gasteiger partial charge in [-0.15, -0.1) is 24.8 Å². The Bertz CT molecular complexity index is 570. The summed E-state index contributed by atoms with van der Waals surface area (Å²) < 4.78 is 37.8. The fourth-order valence-electron chi connectivity index (χ4n) is 2.75. The van der Waals surface area contributed by atoms with E-state index < -0.39 is 23.6 Å². The molecule has 1 saturated heterocycles. The fourth-order valence-corrected chi connectivity index (χ4v) is 2.75. The van der Waals surface area contributed by atoms with Gasteiger partial charge in [-0.05, 0) is 12.5 Å². The minimum absolute atomic E-state index is 0. The number of hydrogen-bond acceptors (Lipinski definition) is 5. The van der Waals surface area contributed by atoms with Crippen LogP contribution in [0.15, 0.2) is 18.2 Å². The smallest absolute Gasteiger partial charge is 0.389 e. The van der Waals surface area contributed by atoms with E-state index in [9.17, 15) is 28.4 Å². The molecule has 0 bridgehead atoms. The SMILES string of the molecule is Cl.Cl.O=[N+]([O-])c1ccc(O)c([C@@H](CCC(F)(F)F)N2CCNCC2)c1. The second kappa shape index (κ2) is 10.0. The van der Waals surface area contributed by atoms with Crippen LogP contribution in [-0.4, -0.2) is 47.3 Å². The molecule has 0 unspecified atom stereocenters. The van der Waals surface area contributed by atoms with Crippen molar-refractivity contribution in [3.63, 3.8) is 0 Å². The van der Waals surface area contributed by atoms with Gasteiger partial charge in [-0.25, -0.2) is 0 Å². The quantitative estimate of drug-likeness (QED) is 0.579. The van der Waals surface area contributed by atoms with Crippen LogP contribution in [0.25, 0.3) is 0 Å². The molecule has 0 saturated carbocycles. The van der Waals surface area contributed by atoms with Crippen molar-refractivity contribution in [3.05, 3.63) is 33.9 Å². The monoisotopic (exact) mass is 405 g/mol. The Labute approximate surface area is 155 Å². The molecule has 0 aromatic heterocycles. The van der Waals surface area contributed by atoms with E-state index in [1.165, 1.54) is 6.07 Å². The first-order valence-corrected chi connectivity index (χ1v) is 7.27. The van der Waals surface area contributed by atoms with E-state index in [-0.39, 0.29) is 48.2 Å². The number of alkyl halides is 3. The molecule has 1 aromatic carbocycles. The molecule has 1 atom stereocenters. The molecule has 6 nitrogen and oxygen atoms in total. The molecule has 0 radical (unpaired) electrons. The summed E-state index contributed by atoms with van der Waals surface area (Å²) in [7, 11) is 0. The molecule has 1 heterocycles. The largest absolute Gasteiger partial charge is 0.508 e. The molecule has 2 N–H and O–H groups in total. The van der Waals surface area contributed by atoms with E-state index in [1.54, 1.807) is 0 Å². The van der Waals surface area contributed by atoms with Crippen molar-refractivity contribution in [2.45, 2.75) is 25.1 Å². The molecule has 1 aromatic rings. The topological polar surface area (TPSA) is 78.6 Å². The average Bonchev–Trinajstić information content (AvgIpc) is 2.49. The number of phenolic OH excluding ortho intramolecular Hbond substituents is 1. The molecule has 25 heavy (non-hydrogen) atoms. The van der Waals surface area contributed by atoms with Crippen molar-refractivity contribution < 1.29 is 23.2 Å². The minimum Gasteiger partial charge on any atom is -0.508 e. The van der Waals surface area contributed by atoms with Crippen molar-refractivity contribution in [2.75, 3.05) is 26.2 Å². The Morgan fingerprint density at radius 3 is 2.40 bits per heavy atom. The minimum atomic E-state index is -4.32. The van der Waals surface area contributed by atoms with Gasteiger partial charge < -0.3 is 10.4 Å². The van der Waals surface area contributed by atoms with E-state index in [4.69, 9.17) is 0 Å². The predicted octanol–water partition coefficient (Wildman–Crippen LogP) is 3.43. The zero-order chi connectivity index (χ0) is 17.0. The van der Waals surface area contributed by atoms with Crippen molar-refractivity contribution in [2.24, 2.45) is 0 Å². The van der Waals surface area contributed by atoms with E-state index in [2.05, 4.69) is 5.32 Å². The number of halogens is 5. The third kappa shape index (κ3) is 6.85. The highest BCUT2D eigenvalue weighted by molar-refractivity contribution is 5.85. The average molecular weight is 406 g/mol. The maximum Gasteiger partial charge on any atom is 0.389 e. The maximum atomic E-state index is 12.6. The van der Waals surface area contributed by atoms with Gasteiger partial charge in [-0.1, -0.05) is 0 Å². The lowest BCUT2D eigenvalue weighted by Crippen LogP contribution is -2.45. The molecule has 1 aliphatic heterocycles. The first-order valence-electron chi connectivity index (χ1n) is 7.27. The zero-order valence-corrected chi connectivity index (χ0v) is 14.8. The van der Waals surface area contributed by atoms with Gasteiger partial charge in [0.05, 0.1) is 4.92 Å². The maximum absolute atomic E-state index is 12.6. The lowest BCUT2D eigenvalue weighted by atomic mass is 9.97. The molecule has 0 amide bonds. The summed E-state index contributed by atoms with van der Waals surface area (Å²) >= 11 is 0. The number of nitrogens with one attached hydrogen (secondary N) is 1. The van der Waals surface area contributed by atoms with Crippen LogP contribution in [0.5, 0.6) is 5.75 Å². The summed E-state index contributed by atoms with van der Waals surface area (Å²) in [6.45, 7) is 2.28. The number of hydrogen-bond donors (Lipinski definition) is 2. The number of rotatable bonds is 5. The summed E-state index contributed by atoms with van der Waals surface area (Å²) in [5.74, 6) is -0.221. The number of non-ortho nitro benzene ring substituents is 1. The standard InChI is InChI=1S/C14H18F3N3O3.2ClH/c15-14(16,17)4-3-12(19-7-5-18-6-8-19)11-9-10(20(22)23)1-2-13(11)21;;/h1-2,9,12,18,21H,3-8H2;2*1H/t12-;;/m1../s1. The van der Waals surface area contributed by atoms with Gasteiger partial charge in [0.2, 0.25) is 0 Å². The van der Waals surface area contributed by atoms with Gasteiger partial charge in [0.15, 0.2) is 0 Å². The molecule has 144 valence electrons. The Balaban J connectivity index is 0.00000288. The number of piperazine rings is 1. The highest BCUT2D eigenvalue weighted by Crippen LogP contribution is 2.37. The van der Waals surface area contributed by atoms with E-state index in [0.717, 1.165) is 12.1 Å². The first kappa shape index (κ1) is 23.7. The normalized spacial score (nSPS) is 16.4. The van der Waals surface area contributed by atoms with Crippen LogP contribution in [0.3, 0.4) is 0 Å². The number of nitro benzene ring substituents is 1. The molecule has 0 aliphatic carbocycles. The lowest BCUT2D eigenvalue weighted by molar-refractivity contribution is -0.385. The third-order valence-corrected chi connectivity index (χ3v) is 3.87. The van der Waals surface area contributed by atoms with Crippen molar-refractivity contribution in [1.82, 2.24) is 10.2 Å².